The first-order valence-electron chi connectivity index (χ1n) is 6.30. The summed E-state index contributed by atoms with van der Waals surface area (Å²) < 4.78 is 15.3. The van der Waals surface area contributed by atoms with Crippen molar-refractivity contribution in [1.82, 2.24) is 0 Å². The molecule has 2 atom stereocenters. The van der Waals surface area contributed by atoms with Crippen molar-refractivity contribution >= 4 is 24.2 Å². The maximum Gasteiger partial charge on any atom is 0.303 e. The van der Waals surface area contributed by atoms with Crippen molar-refractivity contribution in [1.29, 1.82) is 0 Å². The molecule has 7 nitrogen and oxygen atoms in total. The first-order chi connectivity index (χ1) is 9.33. The van der Waals surface area contributed by atoms with E-state index in [0.717, 1.165) is 6.29 Å². The van der Waals surface area contributed by atoms with Gasteiger partial charge in [-0.25, -0.2) is 0 Å². The van der Waals surface area contributed by atoms with Crippen molar-refractivity contribution in [2.24, 2.45) is 5.92 Å². The van der Waals surface area contributed by atoms with Crippen molar-refractivity contribution in [3.63, 3.8) is 0 Å². The van der Waals surface area contributed by atoms with Crippen molar-refractivity contribution in [3.05, 3.63) is 0 Å². The van der Waals surface area contributed by atoms with Gasteiger partial charge in [-0.15, -0.1) is 0 Å². The molecule has 0 bridgehead atoms. The van der Waals surface area contributed by atoms with Gasteiger partial charge in [-0.05, 0) is 12.8 Å². The molecule has 0 aromatic heterocycles. The number of rotatable bonds is 4. The van der Waals surface area contributed by atoms with Gasteiger partial charge < -0.3 is 19.0 Å². The van der Waals surface area contributed by atoms with Crippen LogP contribution >= 0.6 is 0 Å². The highest BCUT2D eigenvalue weighted by molar-refractivity contribution is 5.68. The quantitative estimate of drug-likeness (QED) is 0.419. The molecule has 0 radical (unpaired) electrons. The summed E-state index contributed by atoms with van der Waals surface area (Å²) in [4.78, 5) is 44.3. The van der Waals surface area contributed by atoms with Crippen LogP contribution in [0.5, 0.6) is 0 Å². The highest BCUT2D eigenvalue weighted by Gasteiger charge is 2.43. The lowest BCUT2D eigenvalue weighted by atomic mass is 9.83. The van der Waals surface area contributed by atoms with Crippen LogP contribution in [0.25, 0.3) is 0 Å². The Morgan fingerprint density at radius 1 is 0.850 bits per heavy atom. The molecular weight excluding hydrogens is 268 g/mol. The molecule has 1 saturated carbocycles. The Labute approximate surface area is 116 Å². The number of carbonyl (C=O) groups is 4. The normalized spacial score (nSPS) is 29.1. The SMILES string of the molecule is CC(=O)OC1CC(C=O)CC(OC(C)=O)C1OC(C)=O. The second-order valence-corrected chi connectivity index (χ2v) is 4.74. The van der Waals surface area contributed by atoms with E-state index >= 15 is 0 Å². The molecule has 0 N–H and O–H groups in total. The molecule has 0 aromatic rings. The van der Waals surface area contributed by atoms with E-state index < -0.39 is 42.1 Å². The van der Waals surface area contributed by atoms with Gasteiger partial charge in [-0.1, -0.05) is 0 Å². The summed E-state index contributed by atoms with van der Waals surface area (Å²) in [5.74, 6) is -2.11. The molecular formula is C13H18O7. The molecule has 0 spiro atoms. The Bertz CT molecular complexity index is 378. The third-order valence-corrected chi connectivity index (χ3v) is 2.93. The third kappa shape index (κ3) is 4.64. The number of esters is 3. The summed E-state index contributed by atoms with van der Waals surface area (Å²) in [7, 11) is 0. The van der Waals surface area contributed by atoms with Gasteiger partial charge in [-0.3, -0.25) is 14.4 Å². The maximum atomic E-state index is 11.2. The second-order valence-electron chi connectivity index (χ2n) is 4.74. The van der Waals surface area contributed by atoms with E-state index in [9.17, 15) is 19.2 Å². The fourth-order valence-electron chi connectivity index (χ4n) is 2.31. The van der Waals surface area contributed by atoms with Gasteiger partial charge in [0, 0.05) is 26.7 Å². The van der Waals surface area contributed by atoms with Crippen LogP contribution < -0.4 is 0 Å². The summed E-state index contributed by atoms with van der Waals surface area (Å²) in [6.07, 6.45) is -1.31. The van der Waals surface area contributed by atoms with Crippen LogP contribution in [0.3, 0.4) is 0 Å². The molecule has 0 saturated heterocycles. The molecule has 1 aliphatic carbocycles. The largest absolute Gasteiger partial charge is 0.458 e. The average molecular weight is 286 g/mol. The van der Waals surface area contributed by atoms with E-state index in [-0.39, 0.29) is 12.8 Å². The van der Waals surface area contributed by atoms with E-state index in [1.54, 1.807) is 0 Å². The zero-order chi connectivity index (χ0) is 15.3. The van der Waals surface area contributed by atoms with Crippen molar-refractivity contribution in [2.75, 3.05) is 0 Å². The van der Waals surface area contributed by atoms with Gasteiger partial charge in [0.25, 0.3) is 0 Å². The summed E-state index contributed by atoms with van der Waals surface area (Å²) in [6, 6.07) is 0. The van der Waals surface area contributed by atoms with Crippen LogP contribution in [0.2, 0.25) is 0 Å². The van der Waals surface area contributed by atoms with Gasteiger partial charge >= 0.3 is 17.9 Å². The predicted molar refractivity (Wildman–Crippen MR) is 65.5 cm³/mol. The van der Waals surface area contributed by atoms with Crippen LogP contribution in [0.4, 0.5) is 0 Å². The minimum absolute atomic E-state index is 0.235. The molecule has 1 aliphatic rings. The van der Waals surface area contributed by atoms with Crippen LogP contribution in [0.1, 0.15) is 33.6 Å². The lowest BCUT2D eigenvalue weighted by molar-refractivity contribution is -0.192. The molecule has 0 aromatic carbocycles. The first kappa shape index (κ1) is 16.1. The van der Waals surface area contributed by atoms with E-state index in [4.69, 9.17) is 14.2 Å². The number of hydrogen-bond acceptors (Lipinski definition) is 7. The van der Waals surface area contributed by atoms with Crippen LogP contribution in [0.15, 0.2) is 0 Å². The molecule has 0 aliphatic heterocycles. The van der Waals surface area contributed by atoms with Crippen LogP contribution in [-0.2, 0) is 33.4 Å². The minimum Gasteiger partial charge on any atom is -0.458 e. The van der Waals surface area contributed by atoms with E-state index in [0.29, 0.717) is 0 Å². The van der Waals surface area contributed by atoms with Crippen LogP contribution in [-0.4, -0.2) is 42.5 Å². The Morgan fingerprint density at radius 3 is 1.55 bits per heavy atom. The van der Waals surface area contributed by atoms with E-state index in [1.165, 1.54) is 20.8 Å². The Hall–Kier alpha value is -1.92. The third-order valence-electron chi connectivity index (χ3n) is 2.93. The number of carbonyl (C=O) groups excluding carboxylic acids is 4. The van der Waals surface area contributed by atoms with Gasteiger partial charge in [0.1, 0.15) is 18.5 Å². The monoisotopic (exact) mass is 286 g/mol. The summed E-state index contributed by atoms with van der Waals surface area (Å²) in [5.41, 5.74) is 0. The zero-order valence-electron chi connectivity index (χ0n) is 11.7. The van der Waals surface area contributed by atoms with Crippen molar-refractivity contribution in [3.8, 4) is 0 Å². The number of hydrogen-bond donors (Lipinski definition) is 0. The Morgan fingerprint density at radius 2 is 1.25 bits per heavy atom. The van der Waals surface area contributed by atoms with Crippen molar-refractivity contribution < 1.29 is 33.4 Å². The van der Waals surface area contributed by atoms with Gasteiger partial charge in [-0.2, -0.15) is 0 Å². The molecule has 0 amide bonds. The Kier molecular flexibility index (Phi) is 5.66. The van der Waals surface area contributed by atoms with Gasteiger partial charge in [0.05, 0.1) is 0 Å². The molecule has 1 fully saturated rings. The highest BCUT2D eigenvalue weighted by Crippen LogP contribution is 2.30. The summed E-state index contributed by atoms with van der Waals surface area (Å²) >= 11 is 0. The molecule has 112 valence electrons. The summed E-state index contributed by atoms with van der Waals surface area (Å²) in [5, 5.41) is 0. The predicted octanol–water partition coefficient (Wildman–Crippen LogP) is 0.390. The van der Waals surface area contributed by atoms with E-state index in [2.05, 4.69) is 0 Å². The highest BCUT2D eigenvalue weighted by atomic mass is 16.6. The first-order valence-corrected chi connectivity index (χ1v) is 6.30. The number of ether oxygens (including phenoxy) is 3. The lowest BCUT2D eigenvalue weighted by Crippen LogP contribution is -2.50. The fraction of sp³-hybridized carbons (Fsp3) is 0.692. The summed E-state index contributed by atoms with van der Waals surface area (Å²) in [6.45, 7) is 3.65. The second kappa shape index (κ2) is 7.02. The van der Waals surface area contributed by atoms with Gasteiger partial charge in [0.2, 0.25) is 0 Å². The molecule has 7 heteroatoms. The van der Waals surface area contributed by atoms with Crippen molar-refractivity contribution in [2.45, 2.75) is 51.9 Å². The maximum absolute atomic E-state index is 11.2. The Balaban J connectivity index is 2.95. The average Bonchev–Trinajstić information content (AvgIpc) is 2.30. The molecule has 2 unspecified atom stereocenters. The fourth-order valence-corrected chi connectivity index (χ4v) is 2.31. The number of aldehydes is 1. The topological polar surface area (TPSA) is 96.0 Å². The smallest absolute Gasteiger partial charge is 0.303 e. The zero-order valence-corrected chi connectivity index (χ0v) is 11.7. The van der Waals surface area contributed by atoms with Gasteiger partial charge in [0.15, 0.2) is 6.10 Å². The molecule has 20 heavy (non-hydrogen) atoms. The lowest BCUT2D eigenvalue weighted by Gasteiger charge is -2.38. The van der Waals surface area contributed by atoms with E-state index in [1.807, 2.05) is 0 Å². The minimum atomic E-state index is -0.892. The standard InChI is InChI=1S/C13H18O7/c1-7(15)18-11-4-10(6-14)5-12(19-8(2)16)13(11)20-9(3)17/h6,10-13H,4-5H2,1-3H3. The molecule has 0 heterocycles. The van der Waals surface area contributed by atoms with Crippen LogP contribution in [0, 0.1) is 5.92 Å². The molecule has 1 rings (SSSR count).